The Morgan fingerprint density at radius 1 is 1.11 bits per heavy atom. The topological polar surface area (TPSA) is 21.6 Å². The monoisotopic (exact) mass is 275 g/mol. The molecule has 0 fully saturated rings. The van der Waals surface area contributed by atoms with Crippen LogP contribution in [0.1, 0.15) is 20.8 Å². The molecular weight excluding hydrogens is 250 g/mol. The smallest absolute Gasteiger partial charge is 0.119 e. The fourth-order valence-corrected chi connectivity index (χ4v) is 2.40. The molecule has 0 bridgehead atoms. The Kier molecular flexibility index (Phi) is 5.12. The third-order valence-corrected chi connectivity index (χ3v) is 8.72. The molecule has 2 nitrogen and oxygen atoms in total. The van der Waals surface area contributed by atoms with E-state index in [1.54, 1.807) is 7.11 Å². The molecule has 0 atom stereocenters. The van der Waals surface area contributed by atoms with E-state index in [0.29, 0.717) is 5.04 Å². The summed E-state index contributed by atoms with van der Waals surface area (Å²) in [5.74, 6) is 0.857. The minimum absolute atomic E-state index is 0.372. The zero-order valence-electron chi connectivity index (χ0n) is 12.9. The highest BCUT2D eigenvalue weighted by atomic mass is 28.3. The van der Waals surface area contributed by atoms with Gasteiger partial charge in [-0.05, 0) is 29.3 Å². The van der Waals surface area contributed by atoms with Crippen molar-refractivity contribution in [2.24, 2.45) is 4.99 Å². The number of hydrogen-bond donors (Lipinski definition) is 0. The Morgan fingerprint density at radius 3 is 2.16 bits per heavy atom. The number of methoxy groups -OCH3 is 1. The average Bonchev–Trinajstić information content (AvgIpc) is 2.34. The van der Waals surface area contributed by atoms with E-state index in [-0.39, 0.29) is 0 Å². The van der Waals surface area contributed by atoms with E-state index in [0.717, 1.165) is 11.4 Å². The van der Waals surface area contributed by atoms with Gasteiger partial charge in [0.05, 0.1) is 20.9 Å². The molecule has 1 aromatic rings. The van der Waals surface area contributed by atoms with E-state index < -0.39 is 8.07 Å². The molecule has 19 heavy (non-hydrogen) atoms. The van der Waals surface area contributed by atoms with Gasteiger partial charge in [-0.2, -0.15) is 0 Å². The fraction of sp³-hybridized carbons (Fsp3) is 0.438. The molecule has 0 aliphatic rings. The molecule has 0 aliphatic carbocycles. The molecule has 3 heteroatoms. The summed E-state index contributed by atoms with van der Waals surface area (Å²) in [4.78, 5) is 4.42. The first kappa shape index (κ1) is 15.7. The number of aliphatic imine (C=N–C) groups is 1. The summed E-state index contributed by atoms with van der Waals surface area (Å²) in [6.45, 7) is 11.7. The highest BCUT2D eigenvalue weighted by molar-refractivity contribution is 6.84. The lowest BCUT2D eigenvalue weighted by atomic mass is 10.2. The van der Waals surface area contributed by atoms with Crippen molar-refractivity contribution in [2.75, 3.05) is 7.11 Å². The molecule has 0 saturated carbocycles. The Balaban J connectivity index is 2.67. The van der Waals surface area contributed by atoms with Crippen LogP contribution in [0.2, 0.25) is 18.1 Å². The molecule has 1 aromatic carbocycles. The molecule has 0 amide bonds. The number of rotatable bonds is 4. The Hall–Kier alpha value is -1.35. The zero-order valence-corrected chi connectivity index (χ0v) is 13.9. The van der Waals surface area contributed by atoms with Crippen molar-refractivity contribution in [1.82, 2.24) is 0 Å². The minimum atomic E-state index is -1.35. The number of nitrogens with zero attached hydrogens (tertiary/aromatic N) is 1. The molecule has 0 heterocycles. The second kappa shape index (κ2) is 6.20. The summed E-state index contributed by atoms with van der Waals surface area (Å²) in [7, 11) is 0.317. The Morgan fingerprint density at radius 2 is 1.68 bits per heavy atom. The van der Waals surface area contributed by atoms with Crippen molar-refractivity contribution < 1.29 is 4.74 Å². The highest BCUT2D eigenvalue weighted by Crippen LogP contribution is 2.36. The maximum atomic E-state index is 5.12. The first-order valence-corrected chi connectivity index (χ1v) is 9.70. The van der Waals surface area contributed by atoms with Crippen molar-refractivity contribution in [3.05, 3.63) is 36.0 Å². The third-order valence-electron chi connectivity index (χ3n) is 3.83. The Labute approximate surface area is 118 Å². The van der Waals surface area contributed by atoms with Crippen LogP contribution in [0.5, 0.6) is 5.75 Å². The largest absolute Gasteiger partial charge is 0.497 e. The summed E-state index contributed by atoms with van der Waals surface area (Å²) in [6.07, 6.45) is 3.96. The van der Waals surface area contributed by atoms with Crippen molar-refractivity contribution in [1.29, 1.82) is 0 Å². The lowest BCUT2D eigenvalue weighted by Gasteiger charge is -2.33. The van der Waals surface area contributed by atoms with E-state index in [9.17, 15) is 0 Å². The quantitative estimate of drug-likeness (QED) is 0.559. The van der Waals surface area contributed by atoms with Gasteiger partial charge < -0.3 is 4.74 Å². The average molecular weight is 275 g/mol. The van der Waals surface area contributed by atoms with E-state index in [1.807, 2.05) is 30.5 Å². The predicted octanol–water partition coefficient (Wildman–Crippen LogP) is 5.00. The van der Waals surface area contributed by atoms with Gasteiger partial charge in [-0.25, -0.2) is 0 Å². The van der Waals surface area contributed by atoms with E-state index in [1.165, 1.54) is 0 Å². The molecule has 0 radical (unpaired) electrons. The summed E-state index contributed by atoms with van der Waals surface area (Å²) in [5.41, 5.74) is 3.29. The first-order chi connectivity index (χ1) is 8.76. The molecule has 0 aliphatic heterocycles. The molecule has 0 spiro atoms. The summed E-state index contributed by atoms with van der Waals surface area (Å²) in [6, 6.07) is 7.75. The SMILES string of the molecule is COc1ccc(N=C/C=C/[Si](C)(C)C(C)(C)C)cc1. The fourth-order valence-electron chi connectivity index (χ4n) is 1.33. The zero-order chi connectivity index (χ0) is 14.5. The van der Waals surface area contributed by atoms with Gasteiger partial charge in [0.25, 0.3) is 0 Å². The Bertz CT molecular complexity index is 453. The first-order valence-electron chi connectivity index (χ1n) is 6.62. The van der Waals surface area contributed by atoms with Gasteiger partial charge in [-0.15, -0.1) is 0 Å². The molecule has 104 valence electrons. The lowest BCUT2D eigenvalue weighted by molar-refractivity contribution is 0.415. The molecule has 0 unspecified atom stereocenters. The summed E-state index contributed by atoms with van der Waals surface area (Å²) < 4.78 is 5.12. The van der Waals surface area contributed by atoms with Crippen LogP contribution >= 0.6 is 0 Å². The van der Waals surface area contributed by atoms with Crippen LogP contribution in [0.4, 0.5) is 5.69 Å². The molecule has 0 N–H and O–H groups in total. The summed E-state index contributed by atoms with van der Waals surface area (Å²) >= 11 is 0. The van der Waals surface area contributed by atoms with Crippen molar-refractivity contribution in [3.8, 4) is 5.75 Å². The van der Waals surface area contributed by atoms with E-state index >= 15 is 0 Å². The van der Waals surface area contributed by atoms with E-state index in [4.69, 9.17) is 4.74 Å². The molecule has 0 aromatic heterocycles. The van der Waals surface area contributed by atoms with Crippen molar-refractivity contribution in [3.63, 3.8) is 0 Å². The minimum Gasteiger partial charge on any atom is -0.497 e. The van der Waals surface area contributed by atoms with Crippen LogP contribution in [-0.2, 0) is 0 Å². The van der Waals surface area contributed by atoms with Crippen LogP contribution in [0.25, 0.3) is 0 Å². The van der Waals surface area contributed by atoms with Crippen LogP contribution in [-0.4, -0.2) is 21.4 Å². The van der Waals surface area contributed by atoms with Gasteiger partial charge in [-0.1, -0.05) is 45.6 Å². The standard InChI is InChI=1S/C16H25NOSi/c1-16(2,3)19(5,6)13-7-12-17-14-8-10-15(18-4)11-9-14/h7-13H,1-6H3/b13-7+,17-12?. The number of hydrogen-bond acceptors (Lipinski definition) is 2. The van der Waals surface area contributed by atoms with Gasteiger partial charge in [0.1, 0.15) is 5.75 Å². The number of allylic oxidation sites excluding steroid dienone is 1. The van der Waals surface area contributed by atoms with Gasteiger partial charge in [0.2, 0.25) is 0 Å². The maximum absolute atomic E-state index is 5.12. The van der Waals surface area contributed by atoms with Crippen LogP contribution in [0, 0.1) is 0 Å². The molecule has 1 rings (SSSR count). The van der Waals surface area contributed by atoms with Crippen molar-refractivity contribution in [2.45, 2.75) is 38.9 Å². The number of benzene rings is 1. The maximum Gasteiger partial charge on any atom is 0.119 e. The van der Waals surface area contributed by atoms with Crippen LogP contribution in [0.15, 0.2) is 41.0 Å². The summed E-state index contributed by atoms with van der Waals surface area (Å²) in [5, 5.41) is 0.372. The third kappa shape index (κ3) is 4.67. The normalized spacial score (nSPS) is 13.4. The van der Waals surface area contributed by atoms with Gasteiger partial charge in [-0.3, -0.25) is 4.99 Å². The lowest BCUT2D eigenvalue weighted by Crippen LogP contribution is -2.34. The van der Waals surface area contributed by atoms with E-state index in [2.05, 4.69) is 50.6 Å². The molecule has 0 saturated heterocycles. The second-order valence-electron chi connectivity index (χ2n) is 6.31. The van der Waals surface area contributed by atoms with Crippen molar-refractivity contribution >= 4 is 20.0 Å². The molecular formula is C16H25NOSi. The van der Waals surface area contributed by atoms with Gasteiger partial charge in [0.15, 0.2) is 0 Å². The second-order valence-corrected chi connectivity index (χ2v) is 11.6. The van der Waals surface area contributed by atoms with Gasteiger partial charge in [0, 0.05) is 6.21 Å². The van der Waals surface area contributed by atoms with Crippen LogP contribution in [0.3, 0.4) is 0 Å². The van der Waals surface area contributed by atoms with Gasteiger partial charge >= 0.3 is 0 Å². The number of ether oxygens (including phenoxy) is 1. The predicted molar refractivity (Wildman–Crippen MR) is 87.5 cm³/mol. The highest BCUT2D eigenvalue weighted by Gasteiger charge is 2.31. The van der Waals surface area contributed by atoms with Crippen LogP contribution < -0.4 is 4.74 Å².